The van der Waals surface area contributed by atoms with E-state index in [1.54, 1.807) is 0 Å². The Morgan fingerprint density at radius 1 is 1.62 bits per heavy atom. The summed E-state index contributed by atoms with van der Waals surface area (Å²) in [5.74, 6) is 0.200. The summed E-state index contributed by atoms with van der Waals surface area (Å²) in [4.78, 5) is 0. The minimum atomic E-state index is -0.269. The largest absolute Gasteiger partial charge is 0.391 e. The first kappa shape index (κ1) is 8.72. The third-order valence-electron chi connectivity index (χ3n) is 2.60. The lowest BCUT2D eigenvalue weighted by Gasteiger charge is -2.12. The molecule has 2 heterocycles. The first-order chi connectivity index (χ1) is 6.18. The number of aliphatic hydroxyl groups is 1. The molecule has 13 heavy (non-hydrogen) atoms. The summed E-state index contributed by atoms with van der Waals surface area (Å²) in [5, 5.41) is 17.1. The van der Waals surface area contributed by atoms with E-state index < -0.39 is 0 Å². The quantitative estimate of drug-likeness (QED) is 0.629. The van der Waals surface area contributed by atoms with Crippen LogP contribution in [0, 0.1) is 6.92 Å². The zero-order valence-electron chi connectivity index (χ0n) is 7.99. The Labute approximate surface area is 77.6 Å². The van der Waals surface area contributed by atoms with Gasteiger partial charge in [0.25, 0.3) is 0 Å². The summed E-state index contributed by atoms with van der Waals surface area (Å²) in [7, 11) is 1.92. The average Bonchev–Trinajstić information content (AvgIpc) is 2.58. The Bertz CT molecular complexity index is 308. The SMILES string of the molecule is Cc1cc(C2CNCC2O)n(C)n1. The second kappa shape index (κ2) is 3.12. The third kappa shape index (κ3) is 1.47. The number of aromatic nitrogens is 2. The number of hydrogen-bond donors (Lipinski definition) is 2. The molecular formula is C9H15N3O. The molecule has 1 aliphatic rings. The van der Waals surface area contributed by atoms with Gasteiger partial charge in [0, 0.05) is 31.7 Å². The maximum Gasteiger partial charge on any atom is 0.0760 e. The van der Waals surface area contributed by atoms with E-state index in [9.17, 15) is 5.11 Å². The van der Waals surface area contributed by atoms with E-state index in [0.717, 1.165) is 17.9 Å². The van der Waals surface area contributed by atoms with Crippen molar-refractivity contribution in [3.8, 4) is 0 Å². The van der Waals surface area contributed by atoms with Crippen LogP contribution in [-0.4, -0.2) is 34.1 Å². The van der Waals surface area contributed by atoms with Gasteiger partial charge in [-0.3, -0.25) is 4.68 Å². The van der Waals surface area contributed by atoms with E-state index >= 15 is 0 Å². The van der Waals surface area contributed by atoms with Crippen molar-refractivity contribution in [2.75, 3.05) is 13.1 Å². The van der Waals surface area contributed by atoms with E-state index in [0.29, 0.717) is 6.54 Å². The van der Waals surface area contributed by atoms with Crippen LogP contribution in [0.4, 0.5) is 0 Å². The number of rotatable bonds is 1. The van der Waals surface area contributed by atoms with E-state index in [1.165, 1.54) is 0 Å². The van der Waals surface area contributed by atoms with Gasteiger partial charge in [0.1, 0.15) is 0 Å². The van der Waals surface area contributed by atoms with Gasteiger partial charge in [-0.2, -0.15) is 5.10 Å². The summed E-state index contributed by atoms with van der Waals surface area (Å²) >= 11 is 0. The molecule has 1 saturated heterocycles. The maximum absolute atomic E-state index is 9.67. The van der Waals surface area contributed by atoms with Crippen molar-refractivity contribution in [2.45, 2.75) is 18.9 Å². The van der Waals surface area contributed by atoms with Crippen LogP contribution in [0.2, 0.25) is 0 Å². The van der Waals surface area contributed by atoms with Crippen molar-refractivity contribution in [1.29, 1.82) is 0 Å². The molecule has 4 heteroatoms. The molecule has 0 aromatic carbocycles. The van der Waals surface area contributed by atoms with Gasteiger partial charge in [0.15, 0.2) is 0 Å². The standard InChI is InChI=1S/C9H15N3O/c1-6-3-8(12(2)11-6)7-4-10-5-9(7)13/h3,7,9-10,13H,4-5H2,1-2H3. The van der Waals surface area contributed by atoms with Crippen molar-refractivity contribution in [1.82, 2.24) is 15.1 Å². The number of aliphatic hydroxyl groups excluding tert-OH is 1. The van der Waals surface area contributed by atoms with Crippen LogP contribution < -0.4 is 5.32 Å². The number of hydrogen-bond acceptors (Lipinski definition) is 3. The zero-order chi connectivity index (χ0) is 9.42. The molecule has 0 aliphatic carbocycles. The molecule has 2 rings (SSSR count). The molecule has 2 unspecified atom stereocenters. The van der Waals surface area contributed by atoms with Crippen molar-refractivity contribution in [2.24, 2.45) is 7.05 Å². The molecule has 1 aromatic rings. The van der Waals surface area contributed by atoms with Gasteiger partial charge >= 0.3 is 0 Å². The summed E-state index contributed by atoms with van der Waals surface area (Å²) in [6.07, 6.45) is -0.269. The number of nitrogens with one attached hydrogen (secondary N) is 1. The molecule has 72 valence electrons. The van der Waals surface area contributed by atoms with E-state index in [-0.39, 0.29) is 12.0 Å². The van der Waals surface area contributed by atoms with Crippen molar-refractivity contribution in [3.05, 3.63) is 17.5 Å². The van der Waals surface area contributed by atoms with Gasteiger partial charge in [-0.1, -0.05) is 0 Å². The number of nitrogens with zero attached hydrogens (tertiary/aromatic N) is 2. The first-order valence-corrected chi connectivity index (χ1v) is 4.58. The number of β-amino-alcohol motifs (C(OH)–C–C–N with tert-alkyl or cyclic N) is 1. The summed E-state index contributed by atoms with van der Waals surface area (Å²) in [6.45, 7) is 3.51. The van der Waals surface area contributed by atoms with Crippen LogP contribution in [0.3, 0.4) is 0 Å². The monoisotopic (exact) mass is 181 g/mol. The predicted molar refractivity (Wildman–Crippen MR) is 49.6 cm³/mol. The fraction of sp³-hybridized carbons (Fsp3) is 0.667. The fourth-order valence-corrected chi connectivity index (χ4v) is 1.94. The molecule has 0 amide bonds. The second-order valence-corrected chi connectivity index (χ2v) is 3.67. The predicted octanol–water partition coefficient (Wildman–Crippen LogP) is -0.224. The van der Waals surface area contributed by atoms with Crippen LogP contribution in [0.15, 0.2) is 6.07 Å². The molecule has 0 bridgehead atoms. The van der Waals surface area contributed by atoms with E-state index in [4.69, 9.17) is 0 Å². The highest BCUT2D eigenvalue weighted by Gasteiger charge is 2.28. The Balaban J connectivity index is 2.28. The van der Waals surface area contributed by atoms with Gasteiger partial charge in [-0.05, 0) is 13.0 Å². The Morgan fingerprint density at radius 2 is 2.38 bits per heavy atom. The third-order valence-corrected chi connectivity index (χ3v) is 2.60. The molecule has 1 aliphatic heterocycles. The van der Waals surface area contributed by atoms with Crippen LogP contribution in [0.1, 0.15) is 17.3 Å². The highest BCUT2D eigenvalue weighted by atomic mass is 16.3. The highest BCUT2D eigenvalue weighted by Crippen LogP contribution is 2.22. The molecule has 4 nitrogen and oxygen atoms in total. The average molecular weight is 181 g/mol. The van der Waals surface area contributed by atoms with Crippen molar-refractivity contribution in [3.63, 3.8) is 0 Å². The fourth-order valence-electron chi connectivity index (χ4n) is 1.94. The summed E-state index contributed by atoms with van der Waals surface area (Å²) < 4.78 is 1.86. The lowest BCUT2D eigenvalue weighted by atomic mass is 10.0. The lowest BCUT2D eigenvalue weighted by molar-refractivity contribution is 0.174. The Kier molecular flexibility index (Phi) is 2.09. The van der Waals surface area contributed by atoms with Crippen LogP contribution in [0.25, 0.3) is 0 Å². The highest BCUT2D eigenvalue weighted by molar-refractivity contribution is 5.17. The van der Waals surface area contributed by atoms with E-state index in [2.05, 4.69) is 10.4 Å². The van der Waals surface area contributed by atoms with Gasteiger partial charge in [0.2, 0.25) is 0 Å². The second-order valence-electron chi connectivity index (χ2n) is 3.67. The molecular weight excluding hydrogens is 166 g/mol. The van der Waals surface area contributed by atoms with Crippen LogP contribution in [0.5, 0.6) is 0 Å². The molecule has 1 fully saturated rings. The first-order valence-electron chi connectivity index (χ1n) is 4.58. The summed E-state index contributed by atoms with van der Waals surface area (Å²) in [6, 6.07) is 2.04. The minimum Gasteiger partial charge on any atom is -0.391 e. The van der Waals surface area contributed by atoms with Crippen LogP contribution >= 0.6 is 0 Å². The van der Waals surface area contributed by atoms with Crippen LogP contribution in [-0.2, 0) is 7.05 Å². The molecule has 2 N–H and O–H groups in total. The Hall–Kier alpha value is -0.870. The summed E-state index contributed by atoms with van der Waals surface area (Å²) in [5.41, 5.74) is 2.13. The van der Waals surface area contributed by atoms with Crippen molar-refractivity contribution >= 4 is 0 Å². The normalized spacial score (nSPS) is 28.2. The Morgan fingerprint density at radius 3 is 2.85 bits per heavy atom. The smallest absolute Gasteiger partial charge is 0.0760 e. The molecule has 0 spiro atoms. The van der Waals surface area contributed by atoms with Gasteiger partial charge < -0.3 is 10.4 Å². The number of aryl methyl sites for hydroxylation is 2. The molecule has 0 saturated carbocycles. The van der Waals surface area contributed by atoms with Gasteiger partial charge in [0.05, 0.1) is 11.8 Å². The topological polar surface area (TPSA) is 50.1 Å². The molecule has 1 aromatic heterocycles. The maximum atomic E-state index is 9.67. The zero-order valence-corrected chi connectivity index (χ0v) is 7.99. The minimum absolute atomic E-state index is 0.200. The molecule has 0 radical (unpaired) electrons. The van der Waals surface area contributed by atoms with Gasteiger partial charge in [-0.15, -0.1) is 0 Å². The van der Waals surface area contributed by atoms with Gasteiger partial charge in [-0.25, -0.2) is 0 Å². The van der Waals surface area contributed by atoms with Crippen molar-refractivity contribution < 1.29 is 5.11 Å². The molecule has 2 atom stereocenters. The van der Waals surface area contributed by atoms with E-state index in [1.807, 2.05) is 24.7 Å². The lowest BCUT2D eigenvalue weighted by Crippen LogP contribution is -2.18.